The van der Waals surface area contributed by atoms with Crippen LogP contribution in [0.25, 0.3) is 21.6 Å². The molecule has 12 heteroatoms. The van der Waals surface area contributed by atoms with Gasteiger partial charge < -0.3 is 9.84 Å². The van der Waals surface area contributed by atoms with Gasteiger partial charge in [0.1, 0.15) is 6.10 Å². The second-order valence-electron chi connectivity index (χ2n) is 6.71. The molecule has 3 heterocycles. The molecule has 0 bridgehead atoms. The summed E-state index contributed by atoms with van der Waals surface area (Å²) >= 11 is 0. The molecule has 3 rings (SSSR count). The predicted octanol–water partition coefficient (Wildman–Crippen LogP) is 0.919. The number of nitrogens with zero attached hydrogens (tertiary/aromatic N) is 6. The third-order valence-electron chi connectivity index (χ3n) is 4.53. The molecule has 144 valence electrons. The molecule has 0 aliphatic carbocycles. The monoisotopic (exact) mass is 376 g/mol. The number of azide groups is 1. The highest BCUT2D eigenvalue weighted by Gasteiger charge is 2.42. The topological polar surface area (TPSA) is 171 Å². The molecular formula is C15H20N8O4. The quantitative estimate of drug-likeness (QED) is 0.398. The molecule has 1 amide bonds. The van der Waals surface area contributed by atoms with E-state index in [2.05, 4.69) is 30.3 Å². The number of imidazole rings is 1. The fraction of sp³-hybridized carbons (Fsp3) is 0.600. The van der Waals surface area contributed by atoms with Gasteiger partial charge in [0.15, 0.2) is 17.4 Å². The number of nitrogens with one attached hydrogen (secondary N) is 2. The summed E-state index contributed by atoms with van der Waals surface area (Å²) in [5, 5.41) is 16.6. The maximum Gasteiger partial charge on any atom is 0.280 e. The van der Waals surface area contributed by atoms with E-state index in [1.165, 1.54) is 10.9 Å². The minimum atomic E-state index is -0.920. The first-order valence-electron chi connectivity index (χ1n) is 8.45. The summed E-state index contributed by atoms with van der Waals surface area (Å²) in [6.45, 7) is 5.27. The Balaban J connectivity index is 1.97. The fourth-order valence-electron chi connectivity index (χ4n) is 2.85. The molecule has 2 aromatic heterocycles. The normalized spacial score (nSPS) is 24.9. The summed E-state index contributed by atoms with van der Waals surface area (Å²) in [5.74, 6) is -0.916. The van der Waals surface area contributed by atoms with Gasteiger partial charge in [-0.3, -0.25) is 24.5 Å². The Kier molecular flexibility index (Phi) is 5.13. The lowest BCUT2D eigenvalue weighted by Gasteiger charge is -2.17. The number of aromatic nitrogens is 4. The summed E-state index contributed by atoms with van der Waals surface area (Å²) in [5.41, 5.74) is 8.18. The standard InChI is InChI=1S/C15H20N8O4/c1-6(2)12(25)20-15-19-11-9(13(26)21-15)17-5-23(11)14-10(24)7(3)8(27-14)4-18-22-16/h5-8,10,14,24H,4H2,1-3H3,(H2,19,20,21,25,26)/t7-,8-,10-,14-/m1/s1. The molecule has 3 N–H and O–H groups in total. The van der Waals surface area contributed by atoms with Crippen LogP contribution in [0.3, 0.4) is 0 Å². The van der Waals surface area contributed by atoms with Crippen LogP contribution >= 0.6 is 0 Å². The first-order valence-corrected chi connectivity index (χ1v) is 8.45. The highest BCUT2D eigenvalue weighted by atomic mass is 16.5. The molecule has 12 nitrogen and oxygen atoms in total. The van der Waals surface area contributed by atoms with Crippen molar-refractivity contribution in [2.24, 2.45) is 17.0 Å². The third-order valence-corrected chi connectivity index (χ3v) is 4.53. The summed E-state index contributed by atoms with van der Waals surface area (Å²) in [6.07, 6.45) is -0.916. The summed E-state index contributed by atoms with van der Waals surface area (Å²) < 4.78 is 7.25. The van der Waals surface area contributed by atoms with Crippen molar-refractivity contribution in [2.45, 2.75) is 39.2 Å². The summed E-state index contributed by atoms with van der Waals surface area (Å²) in [7, 11) is 0. The lowest BCUT2D eigenvalue weighted by molar-refractivity contribution is -0.118. The Morgan fingerprint density at radius 1 is 1.59 bits per heavy atom. The second-order valence-corrected chi connectivity index (χ2v) is 6.71. The molecule has 0 unspecified atom stereocenters. The van der Waals surface area contributed by atoms with E-state index in [0.29, 0.717) is 0 Å². The van der Waals surface area contributed by atoms with Crippen LogP contribution in [0.4, 0.5) is 5.95 Å². The van der Waals surface area contributed by atoms with Crippen molar-refractivity contribution in [3.05, 3.63) is 27.1 Å². The molecule has 27 heavy (non-hydrogen) atoms. The van der Waals surface area contributed by atoms with Crippen LogP contribution in [-0.2, 0) is 9.53 Å². The van der Waals surface area contributed by atoms with Gasteiger partial charge >= 0.3 is 0 Å². The molecule has 2 aromatic rings. The third kappa shape index (κ3) is 3.50. The summed E-state index contributed by atoms with van der Waals surface area (Å²) in [6, 6.07) is 0. The van der Waals surface area contributed by atoms with Crippen molar-refractivity contribution in [3.63, 3.8) is 0 Å². The maximum absolute atomic E-state index is 12.2. The number of aliphatic hydroxyl groups is 1. The van der Waals surface area contributed by atoms with E-state index in [-0.39, 0.29) is 41.4 Å². The number of aliphatic hydroxyl groups excluding tert-OH is 1. The van der Waals surface area contributed by atoms with Crippen LogP contribution in [0.2, 0.25) is 0 Å². The van der Waals surface area contributed by atoms with Crippen LogP contribution in [0.5, 0.6) is 0 Å². The number of fused-ring (bicyclic) bond motifs is 1. The molecule has 1 saturated heterocycles. The highest BCUT2D eigenvalue weighted by Crippen LogP contribution is 2.35. The number of carbonyl (C=O) groups excluding carboxylic acids is 1. The van der Waals surface area contributed by atoms with E-state index >= 15 is 0 Å². The Morgan fingerprint density at radius 2 is 2.33 bits per heavy atom. The van der Waals surface area contributed by atoms with Gasteiger partial charge in [0.25, 0.3) is 5.56 Å². The van der Waals surface area contributed by atoms with Crippen molar-refractivity contribution < 1.29 is 14.6 Å². The van der Waals surface area contributed by atoms with E-state index in [1.807, 2.05) is 0 Å². The van der Waals surface area contributed by atoms with Gasteiger partial charge in [-0.2, -0.15) is 4.98 Å². The van der Waals surface area contributed by atoms with Crippen LogP contribution < -0.4 is 10.9 Å². The Labute approximate surface area is 153 Å². The first kappa shape index (κ1) is 18.8. The maximum atomic E-state index is 12.2. The molecule has 0 radical (unpaired) electrons. The van der Waals surface area contributed by atoms with Gasteiger partial charge in [-0.15, -0.1) is 0 Å². The lowest BCUT2D eigenvalue weighted by atomic mass is 10.0. The molecule has 1 aliphatic heterocycles. The van der Waals surface area contributed by atoms with Crippen molar-refractivity contribution in [1.82, 2.24) is 19.5 Å². The van der Waals surface area contributed by atoms with E-state index in [4.69, 9.17) is 10.3 Å². The largest absolute Gasteiger partial charge is 0.388 e. The van der Waals surface area contributed by atoms with Gasteiger partial charge in [-0.05, 0) is 5.53 Å². The SMILES string of the molecule is CC(C)C(=O)Nc1nc2c(ncn2[C@@H]2O[C@H](CN=[N+]=[N-])[C@@H](C)[C@H]2O)c(=O)[nH]1. The Morgan fingerprint density at radius 3 is 3.00 bits per heavy atom. The Bertz CT molecular complexity index is 960. The van der Waals surface area contributed by atoms with E-state index < -0.39 is 24.0 Å². The molecule has 0 saturated carbocycles. The van der Waals surface area contributed by atoms with Crippen LogP contribution in [0, 0.1) is 11.8 Å². The summed E-state index contributed by atoms with van der Waals surface area (Å²) in [4.78, 5) is 37.6. The average Bonchev–Trinajstić information content (AvgIpc) is 3.16. The smallest absolute Gasteiger partial charge is 0.280 e. The fourth-order valence-corrected chi connectivity index (χ4v) is 2.85. The minimum absolute atomic E-state index is 0.0147. The molecule has 1 fully saturated rings. The van der Waals surface area contributed by atoms with E-state index in [0.717, 1.165) is 0 Å². The first-order chi connectivity index (χ1) is 12.8. The van der Waals surface area contributed by atoms with Crippen molar-refractivity contribution in [3.8, 4) is 0 Å². The van der Waals surface area contributed by atoms with E-state index in [9.17, 15) is 14.7 Å². The van der Waals surface area contributed by atoms with Gasteiger partial charge in [0.05, 0.1) is 19.0 Å². The molecular weight excluding hydrogens is 356 g/mol. The number of ether oxygens (including phenoxy) is 1. The minimum Gasteiger partial charge on any atom is -0.388 e. The number of carbonyl (C=O) groups is 1. The zero-order chi connectivity index (χ0) is 19.7. The van der Waals surface area contributed by atoms with Gasteiger partial charge in [0, 0.05) is 16.7 Å². The van der Waals surface area contributed by atoms with E-state index in [1.54, 1.807) is 20.8 Å². The average molecular weight is 376 g/mol. The van der Waals surface area contributed by atoms with Gasteiger partial charge in [-0.25, -0.2) is 4.98 Å². The number of rotatable bonds is 5. The second kappa shape index (κ2) is 7.35. The van der Waals surface area contributed by atoms with Crippen molar-refractivity contribution in [2.75, 3.05) is 11.9 Å². The zero-order valence-corrected chi connectivity index (χ0v) is 15.0. The van der Waals surface area contributed by atoms with Crippen LogP contribution in [0.15, 0.2) is 16.2 Å². The predicted molar refractivity (Wildman–Crippen MR) is 94.7 cm³/mol. The Hall–Kier alpha value is -2.95. The number of H-pyrrole nitrogens is 1. The van der Waals surface area contributed by atoms with Crippen molar-refractivity contribution >= 4 is 23.0 Å². The van der Waals surface area contributed by atoms with Crippen molar-refractivity contribution in [1.29, 1.82) is 0 Å². The highest BCUT2D eigenvalue weighted by molar-refractivity contribution is 5.91. The molecule has 0 aromatic carbocycles. The number of hydrogen-bond donors (Lipinski definition) is 3. The number of aromatic amines is 1. The molecule has 0 spiro atoms. The molecule has 1 aliphatic rings. The molecule has 4 atom stereocenters. The van der Waals surface area contributed by atoms with Crippen LogP contribution in [0.1, 0.15) is 27.0 Å². The number of amides is 1. The number of anilines is 1. The lowest BCUT2D eigenvalue weighted by Crippen LogP contribution is -2.25. The number of hydrogen-bond acceptors (Lipinski definition) is 7. The van der Waals surface area contributed by atoms with Gasteiger partial charge in [0.2, 0.25) is 11.9 Å². The van der Waals surface area contributed by atoms with Crippen LogP contribution in [-0.4, -0.2) is 49.3 Å². The zero-order valence-electron chi connectivity index (χ0n) is 15.0. The van der Waals surface area contributed by atoms with Gasteiger partial charge in [-0.1, -0.05) is 25.9 Å².